The zero-order valence-corrected chi connectivity index (χ0v) is 14.3. The van der Waals surface area contributed by atoms with Gasteiger partial charge in [0.1, 0.15) is 10.6 Å². The Morgan fingerprint density at radius 2 is 1.80 bits per heavy atom. The Hall–Kier alpha value is -3.07. The second kappa shape index (κ2) is 7.22. The number of hydrogen-bond acceptors (Lipinski definition) is 5. The van der Waals surface area contributed by atoms with Crippen LogP contribution in [0.25, 0.3) is 0 Å². The Morgan fingerprint density at radius 3 is 2.40 bits per heavy atom. The van der Waals surface area contributed by atoms with Crippen molar-refractivity contribution in [1.29, 1.82) is 0 Å². The largest absolute Gasteiger partial charge is 0.495 e. The number of aromatic carboxylic acids is 1. The lowest BCUT2D eigenvalue weighted by molar-refractivity contribution is 0.0696. The third-order valence-electron chi connectivity index (χ3n) is 3.34. The van der Waals surface area contributed by atoms with Crippen LogP contribution in [-0.4, -0.2) is 39.6 Å². The van der Waals surface area contributed by atoms with Gasteiger partial charge in [-0.3, -0.25) is 9.52 Å². The number of nitrogens with one attached hydrogen (secondary N) is 2. The monoisotopic (exact) mass is 364 g/mol. The average Bonchev–Trinajstić information content (AvgIpc) is 2.60. The number of sulfonamides is 1. The SMILES string of the molecule is CNC(=O)c1ccccc1NS(=O)(=O)c1cc(C(=O)O)ccc1OC. The van der Waals surface area contributed by atoms with E-state index in [-0.39, 0.29) is 27.5 Å². The van der Waals surface area contributed by atoms with Crippen LogP contribution in [0, 0.1) is 0 Å². The lowest BCUT2D eigenvalue weighted by Crippen LogP contribution is -2.22. The molecule has 2 aromatic rings. The van der Waals surface area contributed by atoms with Gasteiger partial charge in [0.15, 0.2) is 0 Å². The zero-order valence-electron chi connectivity index (χ0n) is 13.4. The van der Waals surface area contributed by atoms with Crippen molar-refractivity contribution in [1.82, 2.24) is 5.32 Å². The number of carboxylic acids is 1. The fourth-order valence-corrected chi connectivity index (χ4v) is 3.40. The summed E-state index contributed by atoms with van der Waals surface area (Å²) in [5.41, 5.74) is -0.0210. The lowest BCUT2D eigenvalue weighted by Gasteiger charge is -2.14. The molecule has 0 spiro atoms. The first-order valence-electron chi connectivity index (χ1n) is 7.05. The molecule has 0 bridgehead atoms. The molecule has 25 heavy (non-hydrogen) atoms. The van der Waals surface area contributed by atoms with Crippen molar-refractivity contribution in [2.45, 2.75) is 4.90 Å². The molecule has 0 saturated carbocycles. The number of carbonyl (C=O) groups excluding carboxylic acids is 1. The van der Waals surface area contributed by atoms with E-state index >= 15 is 0 Å². The summed E-state index contributed by atoms with van der Waals surface area (Å²) in [4.78, 5) is 22.6. The van der Waals surface area contributed by atoms with E-state index in [4.69, 9.17) is 9.84 Å². The highest BCUT2D eigenvalue weighted by Crippen LogP contribution is 2.28. The first kappa shape index (κ1) is 18.3. The van der Waals surface area contributed by atoms with E-state index in [0.717, 1.165) is 6.07 Å². The molecule has 9 heteroatoms. The minimum Gasteiger partial charge on any atom is -0.495 e. The summed E-state index contributed by atoms with van der Waals surface area (Å²) in [6.07, 6.45) is 0. The second-order valence-corrected chi connectivity index (χ2v) is 6.55. The number of amides is 1. The molecule has 2 aromatic carbocycles. The topological polar surface area (TPSA) is 122 Å². The van der Waals surface area contributed by atoms with Crippen LogP contribution in [0.3, 0.4) is 0 Å². The van der Waals surface area contributed by atoms with Gasteiger partial charge in [-0.25, -0.2) is 13.2 Å². The summed E-state index contributed by atoms with van der Waals surface area (Å²) >= 11 is 0. The minimum atomic E-state index is -4.19. The van der Waals surface area contributed by atoms with Crippen molar-refractivity contribution in [3.63, 3.8) is 0 Å². The molecule has 0 unspecified atom stereocenters. The van der Waals surface area contributed by atoms with Crippen LogP contribution in [-0.2, 0) is 10.0 Å². The molecule has 2 rings (SSSR count). The molecular formula is C16H16N2O6S. The zero-order chi connectivity index (χ0) is 18.6. The van der Waals surface area contributed by atoms with Gasteiger partial charge in [0.2, 0.25) is 0 Å². The highest BCUT2D eigenvalue weighted by Gasteiger charge is 2.23. The maximum absolute atomic E-state index is 12.7. The van der Waals surface area contributed by atoms with Gasteiger partial charge in [-0.2, -0.15) is 0 Å². The van der Waals surface area contributed by atoms with E-state index in [1.54, 1.807) is 12.1 Å². The number of rotatable bonds is 6. The van der Waals surface area contributed by atoms with Gasteiger partial charge in [0.05, 0.1) is 23.9 Å². The summed E-state index contributed by atoms with van der Waals surface area (Å²) in [5, 5.41) is 11.5. The van der Waals surface area contributed by atoms with Crippen molar-refractivity contribution >= 4 is 27.6 Å². The molecule has 3 N–H and O–H groups in total. The molecule has 0 heterocycles. The van der Waals surface area contributed by atoms with Crippen LogP contribution in [0.15, 0.2) is 47.4 Å². The predicted octanol–water partition coefficient (Wildman–Crippen LogP) is 1.55. The maximum atomic E-state index is 12.7. The Kier molecular flexibility index (Phi) is 5.28. The third-order valence-corrected chi connectivity index (χ3v) is 4.73. The Bertz CT molecular complexity index is 924. The Balaban J connectivity index is 2.53. The molecular weight excluding hydrogens is 348 g/mol. The third kappa shape index (κ3) is 3.89. The van der Waals surface area contributed by atoms with Crippen LogP contribution in [0.4, 0.5) is 5.69 Å². The summed E-state index contributed by atoms with van der Waals surface area (Å²) in [6, 6.07) is 9.52. The highest BCUT2D eigenvalue weighted by molar-refractivity contribution is 7.92. The molecule has 0 aliphatic rings. The minimum absolute atomic E-state index is 0.0186. The molecule has 1 amide bonds. The summed E-state index contributed by atoms with van der Waals surface area (Å²) in [6.45, 7) is 0. The number of ether oxygens (including phenoxy) is 1. The fraction of sp³-hybridized carbons (Fsp3) is 0.125. The standard InChI is InChI=1S/C16H16N2O6S/c1-17-15(19)11-5-3-4-6-12(11)18-25(22,23)14-9-10(16(20)21)7-8-13(14)24-2/h3-9,18H,1-2H3,(H,17,19)(H,20,21). The predicted molar refractivity (Wildman–Crippen MR) is 90.6 cm³/mol. The smallest absolute Gasteiger partial charge is 0.335 e. The molecule has 8 nitrogen and oxygen atoms in total. The van der Waals surface area contributed by atoms with Crippen molar-refractivity contribution in [3.05, 3.63) is 53.6 Å². The number of para-hydroxylation sites is 1. The van der Waals surface area contributed by atoms with Gasteiger partial charge in [-0.05, 0) is 30.3 Å². The molecule has 132 valence electrons. The fourth-order valence-electron chi connectivity index (χ4n) is 2.12. The van der Waals surface area contributed by atoms with Gasteiger partial charge in [0, 0.05) is 7.05 Å². The van der Waals surface area contributed by atoms with Crippen molar-refractivity contribution in [2.24, 2.45) is 0 Å². The number of anilines is 1. The highest BCUT2D eigenvalue weighted by atomic mass is 32.2. The van der Waals surface area contributed by atoms with Crippen LogP contribution < -0.4 is 14.8 Å². The van der Waals surface area contributed by atoms with Crippen LogP contribution in [0.5, 0.6) is 5.75 Å². The number of benzene rings is 2. The Labute approximate surface area is 144 Å². The van der Waals surface area contributed by atoms with Crippen molar-refractivity contribution in [2.75, 3.05) is 18.9 Å². The van der Waals surface area contributed by atoms with Gasteiger partial charge in [0.25, 0.3) is 15.9 Å². The Morgan fingerprint density at radius 1 is 1.12 bits per heavy atom. The van der Waals surface area contributed by atoms with E-state index in [2.05, 4.69) is 10.0 Å². The van der Waals surface area contributed by atoms with E-state index in [9.17, 15) is 18.0 Å². The van der Waals surface area contributed by atoms with Crippen molar-refractivity contribution in [3.8, 4) is 5.75 Å². The van der Waals surface area contributed by atoms with Crippen LogP contribution >= 0.6 is 0 Å². The van der Waals surface area contributed by atoms with E-state index < -0.39 is 21.9 Å². The summed E-state index contributed by atoms with van der Waals surface area (Å²) < 4.78 is 32.7. The number of carboxylic acid groups (broad SMARTS) is 1. The second-order valence-electron chi connectivity index (χ2n) is 4.90. The van der Waals surface area contributed by atoms with E-state index in [0.29, 0.717) is 0 Å². The molecule has 0 aliphatic carbocycles. The average molecular weight is 364 g/mol. The maximum Gasteiger partial charge on any atom is 0.335 e. The number of methoxy groups -OCH3 is 1. The first-order valence-corrected chi connectivity index (χ1v) is 8.53. The molecule has 0 saturated heterocycles. The molecule has 0 aliphatic heterocycles. The number of carbonyl (C=O) groups is 2. The van der Waals surface area contributed by atoms with Crippen LogP contribution in [0.1, 0.15) is 20.7 Å². The van der Waals surface area contributed by atoms with E-state index in [1.165, 1.54) is 38.4 Å². The summed E-state index contributed by atoms with van der Waals surface area (Å²) in [7, 11) is -1.50. The lowest BCUT2D eigenvalue weighted by atomic mass is 10.2. The number of hydrogen-bond donors (Lipinski definition) is 3. The summed E-state index contributed by atoms with van der Waals surface area (Å²) in [5.74, 6) is -1.76. The van der Waals surface area contributed by atoms with Gasteiger partial charge >= 0.3 is 5.97 Å². The first-order chi connectivity index (χ1) is 11.8. The van der Waals surface area contributed by atoms with E-state index in [1.807, 2.05) is 0 Å². The van der Waals surface area contributed by atoms with Crippen LogP contribution in [0.2, 0.25) is 0 Å². The normalized spacial score (nSPS) is 10.8. The van der Waals surface area contributed by atoms with Gasteiger partial charge in [-0.1, -0.05) is 12.1 Å². The van der Waals surface area contributed by atoms with Gasteiger partial charge in [-0.15, -0.1) is 0 Å². The molecule has 0 radical (unpaired) electrons. The molecule has 0 aromatic heterocycles. The van der Waals surface area contributed by atoms with Gasteiger partial charge < -0.3 is 15.2 Å². The molecule has 0 atom stereocenters. The quantitative estimate of drug-likeness (QED) is 0.715. The molecule has 0 fully saturated rings. The van der Waals surface area contributed by atoms with Crippen molar-refractivity contribution < 1.29 is 27.9 Å².